The largest absolute Gasteiger partial charge is 0.493 e. The fourth-order valence-corrected chi connectivity index (χ4v) is 2.58. The Labute approximate surface area is 121 Å². The highest BCUT2D eigenvalue weighted by Gasteiger charge is 2.30. The summed E-state index contributed by atoms with van der Waals surface area (Å²) in [6, 6.07) is 5.73. The minimum Gasteiger partial charge on any atom is -0.493 e. The quantitative estimate of drug-likeness (QED) is 0.768. The Bertz CT molecular complexity index is 418. The molecule has 0 heterocycles. The van der Waals surface area contributed by atoms with Crippen LogP contribution in [0.5, 0.6) is 11.5 Å². The number of ether oxygens (including phenoxy) is 2. The molecule has 0 saturated carbocycles. The van der Waals surface area contributed by atoms with Gasteiger partial charge >= 0.3 is 0 Å². The van der Waals surface area contributed by atoms with Gasteiger partial charge in [0.2, 0.25) is 0 Å². The standard InChI is InChI=1S/C16H27NO3/c1-5-6-13(11-17)16(2,18)10-12-7-8-14(19-3)15(9-12)20-4/h7-9,13,18H,5-6,10-11,17H2,1-4H3. The summed E-state index contributed by atoms with van der Waals surface area (Å²) in [6.45, 7) is 4.46. The number of aliphatic hydroxyl groups is 1. The molecule has 1 rings (SSSR count). The van der Waals surface area contributed by atoms with Crippen molar-refractivity contribution < 1.29 is 14.6 Å². The van der Waals surface area contributed by atoms with E-state index >= 15 is 0 Å². The Morgan fingerprint density at radius 1 is 1.25 bits per heavy atom. The third kappa shape index (κ3) is 4.12. The minimum absolute atomic E-state index is 0.0978. The van der Waals surface area contributed by atoms with Crippen LogP contribution in [0.3, 0.4) is 0 Å². The first-order chi connectivity index (χ1) is 9.48. The number of nitrogens with two attached hydrogens (primary N) is 1. The van der Waals surface area contributed by atoms with Gasteiger partial charge in [-0.15, -0.1) is 0 Å². The predicted molar refractivity (Wildman–Crippen MR) is 81.3 cm³/mol. The van der Waals surface area contributed by atoms with Crippen LogP contribution >= 0.6 is 0 Å². The molecular weight excluding hydrogens is 254 g/mol. The van der Waals surface area contributed by atoms with Crippen molar-refractivity contribution >= 4 is 0 Å². The van der Waals surface area contributed by atoms with E-state index in [0.717, 1.165) is 18.4 Å². The van der Waals surface area contributed by atoms with Crippen molar-refractivity contribution in [2.75, 3.05) is 20.8 Å². The van der Waals surface area contributed by atoms with Crippen LogP contribution in [0.1, 0.15) is 32.3 Å². The average Bonchev–Trinajstić information content (AvgIpc) is 2.43. The third-order valence-corrected chi connectivity index (χ3v) is 3.81. The minimum atomic E-state index is -0.815. The Balaban J connectivity index is 2.90. The molecule has 3 N–H and O–H groups in total. The fourth-order valence-electron chi connectivity index (χ4n) is 2.58. The highest BCUT2D eigenvalue weighted by atomic mass is 16.5. The van der Waals surface area contributed by atoms with Crippen molar-refractivity contribution in [3.8, 4) is 11.5 Å². The molecule has 114 valence electrons. The first-order valence-corrected chi connectivity index (χ1v) is 7.11. The maximum Gasteiger partial charge on any atom is 0.160 e. The van der Waals surface area contributed by atoms with Gasteiger partial charge in [0.1, 0.15) is 0 Å². The molecule has 20 heavy (non-hydrogen) atoms. The molecule has 0 radical (unpaired) electrons. The summed E-state index contributed by atoms with van der Waals surface area (Å²) in [5, 5.41) is 10.7. The average molecular weight is 281 g/mol. The van der Waals surface area contributed by atoms with E-state index in [0.29, 0.717) is 24.5 Å². The van der Waals surface area contributed by atoms with E-state index in [9.17, 15) is 5.11 Å². The van der Waals surface area contributed by atoms with Crippen molar-refractivity contribution in [2.24, 2.45) is 11.7 Å². The smallest absolute Gasteiger partial charge is 0.160 e. The van der Waals surface area contributed by atoms with Crippen molar-refractivity contribution in [1.29, 1.82) is 0 Å². The molecule has 1 aromatic rings. The number of hydrogen-bond donors (Lipinski definition) is 2. The molecule has 4 nitrogen and oxygen atoms in total. The topological polar surface area (TPSA) is 64.7 Å². The van der Waals surface area contributed by atoms with Crippen molar-refractivity contribution in [2.45, 2.75) is 38.7 Å². The van der Waals surface area contributed by atoms with E-state index < -0.39 is 5.60 Å². The normalized spacial score (nSPS) is 15.5. The number of benzene rings is 1. The molecule has 0 fully saturated rings. The summed E-state index contributed by atoms with van der Waals surface area (Å²) < 4.78 is 10.5. The molecule has 0 spiro atoms. The molecule has 0 bridgehead atoms. The summed E-state index contributed by atoms with van der Waals surface area (Å²) >= 11 is 0. The first kappa shape index (κ1) is 16.8. The van der Waals surface area contributed by atoms with Gasteiger partial charge in [-0.2, -0.15) is 0 Å². The van der Waals surface area contributed by atoms with Gasteiger partial charge in [0.25, 0.3) is 0 Å². The molecule has 1 aromatic carbocycles. The third-order valence-electron chi connectivity index (χ3n) is 3.81. The zero-order chi connectivity index (χ0) is 15.2. The maximum atomic E-state index is 10.7. The molecule has 0 amide bonds. The van der Waals surface area contributed by atoms with E-state index in [1.54, 1.807) is 14.2 Å². The van der Waals surface area contributed by atoms with Gasteiger partial charge in [0, 0.05) is 6.42 Å². The van der Waals surface area contributed by atoms with E-state index in [2.05, 4.69) is 6.92 Å². The van der Waals surface area contributed by atoms with Gasteiger partial charge in [0.05, 0.1) is 19.8 Å². The lowest BCUT2D eigenvalue weighted by atomic mass is 9.81. The molecule has 2 unspecified atom stereocenters. The Kier molecular flexibility index (Phi) is 6.30. The lowest BCUT2D eigenvalue weighted by Crippen LogP contribution is -2.41. The SMILES string of the molecule is CCCC(CN)C(C)(O)Cc1ccc(OC)c(OC)c1. The van der Waals surface area contributed by atoms with Crippen LogP contribution < -0.4 is 15.2 Å². The van der Waals surface area contributed by atoms with E-state index in [1.807, 2.05) is 25.1 Å². The van der Waals surface area contributed by atoms with E-state index in [1.165, 1.54) is 0 Å². The summed E-state index contributed by atoms with van der Waals surface area (Å²) in [7, 11) is 3.22. The lowest BCUT2D eigenvalue weighted by molar-refractivity contribution is -0.00102. The van der Waals surface area contributed by atoms with Crippen molar-refractivity contribution in [3.05, 3.63) is 23.8 Å². The number of rotatable bonds is 8. The molecular formula is C16H27NO3. The van der Waals surface area contributed by atoms with Crippen molar-refractivity contribution in [1.82, 2.24) is 0 Å². The molecule has 2 atom stereocenters. The molecule has 0 aliphatic rings. The maximum absolute atomic E-state index is 10.7. The second-order valence-corrected chi connectivity index (χ2v) is 5.44. The lowest BCUT2D eigenvalue weighted by Gasteiger charge is -2.32. The zero-order valence-electron chi connectivity index (χ0n) is 13.0. The van der Waals surface area contributed by atoms with Gasteiger partial charge in [-0.25, -0.2) is 0 Å². The van der Waals surface area contributed by atoms with Crippen LogP contribution in [0.15, 0.2) is 18.2 Å². The van der Waals surface area contributed by atoms with Crippen LogP contribution in [0.4, 0.5) is 0 Å². The molecule has 4 heteroatoms. The van der Waals surface area contributed by atoms with Crippen LogP contribution in [-0.2, 0) is 6.42 Å². The second-order valence-electron chi connectivity index (χ2n) is 5.44. The van der Waals surface area contributed by atoms with Crippen LogP contribution in [-0.4, -0.2) is 31.5 Å². The molecule has 0 aromatic heterocycles. The van der Waals surface area contributed by atoms with Crippen molar-refractivity contribution in [3.63, 3.8) is 0 Å². The zero-order valence-corrected chi connectivity index (χ0v) is 13.0. The van der Waals surface area contributed by atoms with Gasteiger partial charge in [0.15, 0.2) is 11.5 Å². The Morgan fingerprint density at radius 3 is 2.40 bits per heavy atom. The van der Waals surface area contributed by atoms with Gasteiger partial charge in [-0.3, -0.25) is 0 Å². The Morgan fingerprint density at radius 2 is 1.90 bits per heavy atom. The first-order valence-electron chi connectivity index (χ1n) is 7.11. The van der Waals surface area contributed by atoms with E-state index in [4.69, 9.17) is 15.2 Å². The summed E-state index contributed by atoms with van der Waals surface area (Å²) in [6.07, 6.45) is 2.50. The van der Waals surface area contributed by atoms with Crippen LogP contribution in [0, 0.1) is 5.92 Å². The summed E-state index contributed by atoms with van der Waals surface area (Å²) in [4.78, 5) is 0. The monoisotopic (exact) mass is 281 g/mol. The van der Waals surface area contributed by atoms with Gasteiger partial charge in [-0.05, 0) is 43.5 Å². The summed E-state index contributed by atoms with van der Waals surface area (Å²) in [5.41, 5.74) is 6.00. The molecule has 0 aliphatic carbocycles. The van der Waals surface area contributed by atoms with Gasteiger partial charge in [-0.1, -0.05) is 19.4 Å². The highest BCUT2D eigenvalue weighted by molar-refractivity contribution is 5.43. The fraction of sp³-hybridized carbons (Fsp3) is 0.625. The van der Waals surface area contributed by atoms with Crippen LogP contribution in [0.25, 0.3) is 0 Å². The molecule has 0 saturated heterocycles. The summed E-state index contributed by atoms with van der Waals surface area (Å²) in [5.74, 6) is 1.47. The molecule has 0 aliphatic heterocycles. The van der Waals surface area contributed by atoms with Gasteiger partial charge < -0.3 is 20.3 Å². The number of methoxy groups -OCH3 is 2. The number of hydrogen-bond acceptors (Lipinski definition) is 4. The van der Waals surface area contributed by atoms with Crippen LogP contribution in [0.2, 0.25) is 0 Å². The predicted octanol–water partition coefficient (Wildman–Crippen LogP) is 2.37. The Hall–Kier alpha value is -1.26. The highest BCUT2D eigenvalue weighted by Crippen LogP contribution is 2.31. The second kappa shape index (κ2) is 7.50. The van der Waals surface area contributed by atoms with E-state index in [-0.39, 0.29) is 5.92 Å².